The quantitative estimate of drug-likeness (QED) is 0.445. The second-order valence-electron chi connectivity index (χ2n) is 6.98. The van der Waals surface area contributed by atoms with Crippen molar-refractivity contribution in [3.8, 4) is 11.1 Å². The molecule has 0 bridgehead atoms. The summed E-state index contributed by atoms with van der Waals surface area (Å²) >= 11 is 5.93. The fraction of sp³-hybridized carbons (Fsp3) is 0.125. The van der Waals surface area contributed by atoms with Gasteiger partial charge in [0.2, 0.25) is 5.76 Å². The molecule has 0 spiro atoms. The van der Waals surface area contributed by atoms with Gasteiger partial charge in [0.15, 0.2) is 0 Å². The normalized spacial score (nSPS) is 11.0. The Labute approximate surface area is 168 Å². The second-order valence-corrected chi connectivity index (χ2v) is 7.42. The predicted octanol–water partition coefficient (Wildman–Crippen LogP) is 6.30. The highest BCUT2D eigenvalue weighted by atomic mass is 35.5. The van der Waals surface area contributed by atoms with E-state index in [1.165, 1.54) is 5.56 Å². The number of hydrogen-bond donors (Lipinski definition) is 1. The number of amides is 1. The number of hydrogen-bond acceptors (Lipinski definition) is 2. The number of rotatable bonds is 4. The average Bonchev–Trinajstić information content (AvgIpc) is 3.06. The zero-order valence-corrected chi connectivity index (χ0v) is 16.5. The van der Waals surface area contributed by atoms with Crippen molar-refractivity contribution >= 4 is 28.5 Å². The van der Waals surface area contributed by atoms with E-state index in [2.05, 4.69) is 11.4 Å². The van der Waals surface area contributed by atoms with Crippen LogP contribution >= 0.6 is 11.6 Å². The van der Waals surface area contributed by atoms with Gasteiger partial charge in [-0.15, -0.1) is 0 Å². The summed E-state index contributed by atoms with van der Waals surface area (Å²) in [5, 5.41) is 4.57. The van der Waals surface area contributed by atoms with Crippen LogP contribution in [0.4, 0.5) is 0 Å². The number of aryl methyl sites for hydroxylation is 2. The van der Waals surface area contributed by atoms with E-state index in [0.717, 1.165) is 27.6 Å². The minimum Gasteiger partial charge on any atom is -0.450 e. The van der Waals surface area contributed by atoms with E-state index in [4.69, 9.17) is 16.0 Å². The Morgan fingerprint density at radius 1 is 0.929 bits per heavy atom. The zero-order chi connectivity index (χ0) is 19.7. The molecule has 1 amide bonds. The summed E-state index contributed by atoms with van der Waals surface area (Å²) in [5.41, 5.74) is 5.76. The Balaban J connectivity index is 1.72. The van der Waals surface area contributed by atoms with Gasteiger partial charge < -0.3 is 9.73 Å². The van der Waals surface area contributed by atoms with Crippen molar-refractivity contribution in [2.24, 2.45) is 0 Å². The summed E-state index contributed by atoms with van der Waals surface area (Å²) in [6.07, 6.45) is 0. The number of carbonyl (C=O) groups excluding carboxylic acids is 1. The molecule has 4 rings (SSSR count). The van der Waals surface area contributed by atoms with Gasteiger partial charge in [-0.1, -0.05) is 65.2 Å². The molecule has 0 aliphatic rings. The number of carbonyl (C=O) groups is 1. The fourth-order valence-electron chi connectivity index (χ4n) is 3.24. The first-order valence-corrected chi connectivity index (χ1v) is 9.52. The number of nitrogens with one attached hydrogen (secondary N) is 1. The van der Waals surface area contributed by atoms with E-state index in [0.29, 0.717) is 22.9 Å². The van der Waals surface area contributed by atoms with Crippen molar-refractivity contribution in [3.63, 3.8) is 0 Å². The highest BCUT2D eigenvalue weighted by Crippen LogP contribution is 2.35. The lowest BCUT2D eigenvalue weighted by atomic mass is 9.99. The van der Waals surface area contributed by atoms with Crippen molar-refractivity contribution in [2.75, 3.05) is 0 Å². The first-order valence-electron chi connectivity index (χ1n) is 9.14. The van der Waals surface area contributed by atoms with E-state index >= 15 is 0 Å². The molecule has 0 unspecified atom stereocenters. The van der Waals surface area contributed by atoms with Crippen LogP contribution in [-0.2, 0) is 6.54 Å². The smallest absolute Gasteiger partial charge is 0.287 e. The van der Waals surface area contributed by atoms with Gasteiger partial charge in [0, 0.05) is 22.5 Å². The number of furan rings is 1. The number of halogens is 1. The molecule has 0 fully saturated rings. The maximum Gasteiger partial charge on any atom is 0.287 e. The molecule has 0 radical (unpaired) electrons. The van der Waals surface area contributed by atoms with E-state index in [1.807, 2.05) is 74.5 Å². The molecular weight excluding hydrogens is 370 g/mol. The molecule has 1 heterocycles. The van der Waals surface area contributed by atoms with Crippen LogP contribution in [0.2, 0.25) is 5.02 Å². The standard InChI is InChI=1S/C24H20ClNO2/c1-15-3-8-18(9-4-15)22-20-13-16(2)5-12-21(20)28-23(22)24(27)26-14-17-6-10-19(25)11-7-17/h3-13H,14H2,1-2H3,(H,26,27). The molecule has 140 valence electrons. The van der Waals surface area contributed by atoms with Crippen LogP contribution in [0.15, 0.2) is 71.1 Å². The van der Waals surface area contributed by atoms with E-state index in [-0.39, 0.29) is 5.91 Å². The number of fused-ring (bicyclic) bond motifs is 1. The van der Waals surface area contributed by atoms with Crippen LogP contribution in [0.25, 0.3) is 22.1 Å². The summed E-state index contributed by atoms with van der Waals surface area (Å²) in [6.45, 7) is 4.48. The molecular formula is C24H20ClNO2. The van der Waals surface area contributed by atoms with Gasteiger partial charge in [-0.2, -0.15) is 0 Å². The fourth-order valence-corrected chi connectivity index (χ4v) is 3.37. The minimum atomic E-state index is -0.237. The van der Waals surface area contributed by atoms with Crippen LogP contribution in [0.5, 0.6) is 0 Å². The summed E-state index contributed by atoms with van der Waals surface area (Å²) in [4.78, 5) is 13.0. The average molecular weight is 390 g/mol. The Morgan fingerprint density at radius 2 is 1.61 bits per heavy atom. The molecule has 0 saturated heterocycles. The van der Waals surface area contributed by atoms with Crippen molar-refractivity contribution in [2.45, 2.75) is 20.4 Å². The third kappa shape index (κ3) is 3.67. The molecule has 4 aromatic rings. The summed E-state index contributed by atoms with van der Waals surface area (Å²) < 4.78 is 5.98. The molecule has 1 aromatic heterocycles. The van der Waals surface area contributed by atoms with Crippen molar-refractivity contribution in [1.82, 2.24) is 5.32 Å². The van der Waals surface area contributed by atoms with Crippen LogP contribution in [-0.4, -0.2) is 5.91 Å². The molecule has 28 heavy (non-hydrogen) atoms. The number of benzene rings is 3. The lowest BCUT2D eigenvalue weighted by Gasteiger charge is -2.07. The van der Waals surface area contributed by atoms with Crippen LogP contribution < -0.4 is 5.32 Å². The third-order valence-electron chi connectivity index (χ3n) is 4.76. The van der Waals surface area contributed by atoms with Gasteiger partial charge in [-0.05, 0) is 49.2 Å². The third-order valence-corrected chi connectivity index (χ3v) is 5.01. The van der Waals surface area contributed by atoms with Gasteiger partial charge in [0.05, 0.1) is 0 Å². The predicted molar refractivity (Wildman–Crippen MR) is 114 cm³/mol. The molecule has 0 saturated carbocycles. The molecule has 3 aromatic carbocycles. The topological polar surface area (TPSA) is 42.2 Å². The molecule has 4 heteroatoms. The Bertz CT molecular complexity index is 1140. The van der Waals surface area contributed by atoms with Crippen molar-refractivity contribution in [1.29, 1.82) is 0 Å². The van der Waals surface area contributed by atoms with Crippen LogP contribution in [0.1, 0.15) is 27.2 Å². The van der Waals surface area contributed by atoms with Gasteiger partial charge in [-0.3, -0.25) is 4.79 Å². The Morgan fingerprint density at radius 3 is 2.32 bits per heavy atom. The SMILES string of the molecule is Cc1ccc(-c2c(C(=O)NCc3ccc(Cl)cc3)oc3ccc(C)cc23)cc1. The largest absolute Gasteiger partial charge is 0.450 e. The Hall–Kier alpha value is -3.04. The molecule has 3 nitrogen and oxygen atoms in total. The Kier molecular flexibility index (Phi) is 4.93. The highest BCUT2D eigenvalue weighted by molar-refractivity contribution is 6.30. The highest BCUT2D eigenvalue weighted by Gasteiger charge is 2.22. The van der Waals surface area contributed by atoms with E-state index in [1.54, 1.807) is 0 Å². The summed E-state index contributed by atoms with van der Waals surface area (Å²) in [5.74, 6) is 0.0952. The van der Waals surface area contributed by atoms with E-state index < -0.39 is 0 Å². The van der Waals surface area contributed by atoms with Gasteiger partial charge in [0.1, 0.15) is 5.58 Å². The van der Waals surface area contributed by atoms with Crippen molar-refractivity contribution < 1.29 is 9.21 Å². The second kappa shape index (κ2) is 7.53. The molecule has 1 N–H and O–H groups in total. The van der Waals surface area contributed by atoms with Crippen molar-refractivity contribution in [3.05, 3.63) is 94.2 Å². The summed E-state index contributed by atoms with van der Waals surface area (Å²) in [6, 6.07) is 21.5. The van der Waals surface area contributed by atoms with Crippen LogP contribution in [0, 0.1) is 13.8 Å². The maximum absolute atomic E-state index is 13.0. The maximum atomic E-state index is 13.0. The van der Waals surface area contributed by atoms with Gasteiger partial charge >= 0.3 is 0 Å². The monoisotopic (exact) mass is 389 g/mol. The first-order chi connectivity index (χ1) is 13.5. The lowest BCUT2D eigenvalue weighted by Crippen LogP contribution is -2.22. The molecule has 0 aliphatic heterocycles. The summed E-state index contributed by atoms with van der Waals surface area (Å²) in [7, 11) is 0. The van der Waals surface area contributed by atoms with Gasteiger partial charge in [0.25, 0.3) is 5.91 Å². The molecule has 0 atom stereocenters. The van der Waals surface area contributed by atoms with Gasteiger partial charge in [-0.25, -0.2) is 0 Å². The van der Waals surface area contributed by atoms with Crippen LogP contribution in [0.3, 0.4) is 0 Å². The molecule has 0 aliphatic carbocycles. The minimum absolute atomic E-state index is 0.237. The first kappa shape index (κ1) is 18.3. The van der Waals surface area contributed by atoms with E-state index in [9.17, 15) is 4.79 Å². The zero-order valence-electron chi connectivity index (χ0n) is 15.8. The lowest BCUT2D eigenvalue weighted by molar-refractivity contribution is 0.0926.